The van der Waals surface area contributed by atoms with Crippen molar-refractivity contribution in [3.63, 3.8) is 0 Å². The van der Waals surface area contributed by atoms with E-state index < -0.39 is 0 Å². The van der Waals surface area contributed by atoms with Gasteiger partial charge in [-0.15, -0.1) is 0 Å². The minimum Gasteiger partial charge on any atom is -0.493 e. The number of hydrogen-bond acceptors (Lipinski definition) is 5. The van der Waals surface area contributed by atoms with E-state index in [-0.39, 0.29) is 11.5 Å². The van der Waals surface area contributed by atoms with Gasteiger partial charge in [-0.05, 0) is 31.3 Å². The Morgan fingerprint density at radius 2 is 1.77 bits per heavy atom. The van der Waals surface area contributed by atoms with Gasteiger partial charge in [0.25, 0.3) is 11.5 Å². The zero-order valence-electron chi connectivity index (χ0n) is 18.5. The predicted molar refractivity (Wildman–Crippen MR) is 123 cm³/mol. The minimum atomic E-state index is -0.300. The van der Waals surface area contributed by atoms with E-state index in [0.29, 0.717) is 40.1 Å². The summed E-state index contributed by atoms with van der Waals surface area (Å²) in [4.78, 5) is 27.7. The largest absolute Gasteiger partial charge is 0.493 e. The number of rotatable bonds is 9. The normalized spacial score (nSPS) is 11.0. The molecule has 0 aliphatic heterocycles. The van der Waals surface area contributed by atoms with E-state index in [1.165, 1.54) is 4.57 Å². The molecule has 2 aromatic carbocycles. The van der Waals surface area contributed by atoms with E-state index in [1.807, 2.05) is 6.07 Å². The summed E-state index contributed by atoms with van der Waals surface area (Å²) in [5, 5.41) is 4.04. The Labute approximate surface area is 182 Å². The summed E-state index contributed by atoms with van der Waals surface area (Å²) in [6.07, 6.45) is 1.56. The first-order chi connectivity index (χ1) is 15.0. The van der Waals surface area contributed by atoms with Gasteiger partial charge in [-0.3, -0.25) is 9.59 Å². The number of carbonyl (C=O) groups is 1. The molecule has 1 aromatic heterocycles. The number of pyridine rings is 1. The fourth-order valence-corrected chi connectivity index (χ4v) is 3.49. The number of methoxy groups -OCH3 is 1. The number of aryl methyl sites for hydroxylation is 1. The van der Waals surface area contributed by atoms with E-state index in [9.17, 15) is 9.59 Å². The zero-order chi connectivity index (χ0) is 22.4. The second-order valence-corrected chi connectivity index (χ2v) is 7.20. The van der Waals surface area contributed by atoms with Crippen LogP contribution in [0.3, 0.4) is 0 Å². The Hall–Kier alpha value is -3.32. The van der Waals surface area contributed by atoms with Gasteiger partial charge in [0.2, 0.25) is 0 Å². The molecule has 31 heavy (non-hydrogen) atoms. The summed E-state index contributed by atoms with van der Waals surface area (Å²) in [7, 11) is 3.22. The van der Waals surface area contributed by atoms with Crippen LogP contribution in [0.25, 0.3) is 10.8 Å². The number of ether oxygens (including phenoxy) is 2. The number of hydrogen-bond donors (Lipinski definition) is 1. The third kappa shape index (κ3) is 5.06. The Morgan fingerprint density at radius 1 is 1.06 bits per heavy atom. The van der Waals surface area contributed by atoms with Gasteiger partial charge in [-0.2, -0.15) is 0 Å². The molecule has 1 heterocycles. The third-order valence-corrected chi connectivity index (χ3v) is 5.32. The highest BCUT2D eigenvalue weighted by Gasteiger charge is 2.15. The van der Waals surface area contributed by atoms with Crippen LogP contribution in [-0.4, -0.2) is 48.7 Å². The molecule has 0 aliphatic rings. The molecule has 7 heteroatoms. The summed E-state index contributed by atoms with van der Waals surface area (Å²) in [6, 6.07) is 12.4. The van der Waals surface area contributed by atoms with E-state index in [0.717, 1.165) is 19.6 Å². The van der Waals surface area contributed by atoms with Crippen LogP contribution < -0.4 is 20.3 Å². The Kier molecular flexibility index (Phi) is 7.31. The van der Waals surface area contributed by atoms with Crippen molar-refractivity contribution in [3.8, 4) is 11.5 Å². The fraction of sp³-hybridized carbons (Fsp3) is 0.333. The molecule has 0 bridgehead atoms. The Balaban J connectivity index is 1.83. The van der Waals surface area contributed by atoms with Crippen molar-refractivity contribution in [2.75, 3.05) is 38.7 Å². The zero-order valence-corrected chi connectivity index (χ0v) is 18.5. The van der Waals surface area contributed by atoms with Gasteiger partial charge in [-0.1, -0.05) is 32.0 Å². The van der Waals surface area contributed by atoms with Gasteiger partial charge < -0.3 is 24.3 Å². The third-order valence-electron chi connectivity index (χ3n) is 5.32. The van der Waals surface area contributed by atoms with Crippen molar-refractivity contribution in [2.45, 2.75) is 13.8 Å². The monoisotopic (exact) mass is 423 g/mol. The lowest BCUT2D eigenvalue weighted by molar-refractivity contribution is 0.102. The van der Waals surface area contributed by atoms with Gasteiger partial charge in [0.1, 0.15) is 6.61 Å². The standard InChI is InChI=1S/C24H29N3O4/c1-5-27(6-2)13-14-31-22-15-17(11-12-21(22)30-4)25-23(28)20-16-26(3)24(29)19-10-8-7-9-18(19)20/h7-12,15-16H,5-6,13-14H2,1-4H3,(H,25,28). The van der Waals surface area contributed by atoms with Gasteiger partial charge in [0, 0.05) is 42.3 Å². The summed E-state index contributed by atoms with van der Waals surface area (Å²) >= 11 is 0. The molecule has 0 saturated heterocycles. The number of aromatic nitrogens is 1. The molecule has 0 atom stereocenters. The average Bonchev–Trinajstić information content (AvgIpc) is 2.79. The van der Waals surface area contributed by atoms with Crippen LogP contribution in [0.5, 0.6) is 11.5 Å². The van der Waals surface area contributed by atoms with E-state index in [1.54, 1.807) is 56.8 Å². The summed E-state index contributed by atoms with van der Waals surface area (Å²) < 4.78 is 12.8. The van der Waals surface area contributed by atoms with E-state index in [4.69, 9.17) is 9.47 Å². The first-order valence-electron chi connectivity index (χ1n) is 10.4. The van der Waals surface area contributed by atoms with Crippen LogP contribution >= 0.6 is 0 Å². The molecule has 0 fully saturated rings. The minimum absolute atomic E-state index is 0.138. The first kappa shape index (κ1) is 22.4. The molecule has 0 radical (unpaired) electrons. The molecule has 164 valence electrons. The molecule has 0 spiro atoms. The molecule has 3 rings (SSSR count). The maximum atomic E-state index is 13.0. The van der Waals surface area contributed by atoms with Crippen LogP contribution in [0.15, 0.2) is 53.5 Å². The molecule has 7 nitrogen and oxygen atoms in total. The van der Waals surface area contributed by atoms with Crippen molar-refractivity contribution in [1.82, 2.24) is 9.47 Å². The molecular weight excluding hydrogens is 394 g/mol. The van der Waals surface area contributed by atoms with Crippen LogP contribution in [0.4, 0.5) is 5.69 Å². The van der Waals surface area contributed by atoms with Crippen molar-refractivity contribution in [1.29, 1.82) is 0 Å². The number of nitrogens with zero attached hydrogens (tertiary/aromatic N) is 2. The lowest BCUT2D eigenvalue weighted by atomic mass is 10.1. The van der Waals surface area contributed by atoms with Crippen molar-refractivity contribution >= 4 is 22.4 Å². The number of carbonyl (C=O) groups excluding carboxylic acids is 1. The molecule has 0 saturated carbocycles. The maximum Gasteiger partial charge on any atom is 0.258 e. The second-order valence-electron chi connectivity index (χ2n) is 7.20. The van der Waals surface area contributed by atoms with E-state index >= 15 is 0 Å². The fourth-order valence-electron chi connectivity index (χ4n) is 3.49. The van der Waals surface area contributed by atoms with Crippen molar-refractivity contribution in [2.24, 2.45) is 7.05 Å². The lowest BCUT2D eigenvalue weighted by Crippen LogP contribution is -2.28. The van der Waals surface area contributed by atoms with Gasteiger partial charge in [-0.25, -0.2) is 0 Å². The molecular formula is C24H29N3O4. The van der Waals surface area contributed by atoms with Crippen LogP contribution in [0.2, 0.25) is 0 Å². The lowest BCUT2D eigenvalue weighted by Gasteiger charge is -2.19. The summed E-state index contributed by atoms with van der Waals surface area (Å²) in [5.74, 6) is 0.869. The molecule has 1 N–H and O–H groups in total. The Bertz CT molecular complexity index is 1120. The van der Waals surface area contributed by atoms with Crippen LogP contribution in [0.1, 0.15) is 24.2 Å². The highest BCUT2D eigenvalue weighted by atomic mass is 16.5. The van der Waals surface area contributed by atoms with Crippen LogP contribution in [0, 0.1) is 0 Å². The molecule has 3 aromatic rings. The topological polar surface area (TPSA) is 72.8 Å². The highest BCUT2D eigenvalue weighted by molar-refractivity contribution is 6.12. The number of likely N-dealkylation sites (N-methyl/N-ethyl adjacent to an activating group) is 1. The number of benzene rings is 2. The molecule has 0 aliphatic carbocycles. The smallest absolute Gasteiger partial charge is 0.258 e. The SMILES string of the molecule is CCN(CC)CCOc1cc(NC(=O)c2cn(C)c(=O)c3ccccc23)ccc1OC. The number of nitrogens with one attached hydrogen (secondary N) is 1. The summed E-state index contributed by atoms with van der Waals surface area (Å²) in [5.41, 5.74) is 0.875. The number of anilines is 1. The van der Waals surface area contributed by atoms with Crippen molar-refractivity contribution < 1.29 is 14.3 Å². The van der Waals surface area contributed by atoms with Gasteiger partial charge in [0.15, 0.2) is 11.5 Å². The number of amides is 1. The Morgan fingerprint density at radius 3 is 2.45 bits per heavy atom. The summed E-state index contributed by atoms with van der Waals surface area (Å²) in [6.45, 7) is 7.46. The molecule has 1 amide bonds. The second kappa shape index (κ2) is 10.1. The first-order valence-corrected chi connectivity index (χ1v) is 10.4. The quantitative estimate of drug-likeness (QED) is 0.570. The van der Waals surface area contributed by atoms with Gasteiger partial charge in [0.05, 0.1) is 12.7 Å². The number of fused-ring (bicyclic) bond motifs is 1. The van der Waals surface area contributed by atoms with Gasteiger partial charge >= 0.3 is 0 Å². The van der Waals surface area contributed by atoms with E-state index in [2.05, 4.69) is 24.1 Å². The van der Waals surface area contributed by atoms with Crippen LogP contribution in [-0.2, 0) is 7.05 Å². The molecule has 0 unspecified atom stereocenters. The predicted octanol–water partition coefficient (Wildman–Crippen LogP) is 3.52. The maximum absolute atomic E-state index is 13.0. The van der Waals surface area contributed by atoms with Crippen molar-refractivity contribution in [3.05, 3.63) is 64.6 Å². The average molecular weight is 424 g/mol. The highest BCUT2D eigenvalue weighted by Crippen LogP contribution is 2.30.